The van der Waals surface area contributed by atoms with Gasteiger partial charge in [-0.15, -0.1) is 5.53 Å². The summed E-state index contributed by atoms with van der Waals surface area (Å²) in [4.78, 5) is 18.5. The predicted octanol–water partition coefficient (Wildman–Crippen LogP) is 5.39. The minimum Gasteiger partial charge on any atom is -0.487 e. The van der Waals surface area contributed by atoms with E-state index in [2.05, 4.69) is 42.6 Å². The van der Waals surface area contributed by atoms with E-state index in [1.807, 2.05) is 51.4 Å². The molecule has 11 nitrogen and oxygen atoms in total. The Kier molecular flexibility index (Phi) is 10.8. The molecule has 2 aromatic carbocycles. The first kappa shape index (κ1) is 37.0. The first-order chi connectivity index (χ1) is 25.0. The van der Waals surface area contributed by atoms with Crippen LogP contribution in [-0.4, -0.2) is 82.0 Å². The Morgan fingerprint density at radius 2 is 1.90 bits per heavy atom. The third kappa shape index (κ3) is 7.55. The zero-order valence-electron chi connectivity index (χ0n) is 30.8. The summed E-state index contributed by atoms with van der Waals surface area (Å²) < 4.78 is 42.8. The van der Waals surface area contributed by atoms with Gasteiger partial charge in [-0.3, -0.25) is 14.7 Å². The molecule has 0 radical (unpaired) electrons. The van der Waals surface area contributed by atoms with Crippen molar-refractivity contribution in [3.05, 3.63) is 81.7 Å². The molecule has 2 bridgehead atoms. The Morgan fingerprint density at radius 1 is 1.06 bits per heavy atom. The van der Waals surface area contributed by atoms with Crippen molar-refractivity contribution < 1.29 is 22.7 Å². The molecule has 0 aromatic heterocycles. The number of anilines is 1. The summed E-state index contributed by atoms with van der Waals surface area (Å²) in [7, 11) is -0.0993. The Bertz CT molecular complexity index is 1840. The Balaban J connectivity index is 1.26. The summed E-state index contributed by atoms with van der Waals surface area (Å²) in [6.07, 6.45) is 10.7. The molecule has 2 aromatic rings. The predicted molar refractivity (Wildman–Crippen MR) is 204 cm³/mol. The second-order valence-corrected chi connectivity index (χ2v) is 17.8. The SMILES string of the molecule is CO[C@@]1(CN2CCC3=C(C2)N(C)NN3)/C=C/C[C@H](C)[C@@H](C)S(=O)(=O)NC(=O)c2ccc3c(c2)N(CCCCc2cc(Cl)ccc2CO3)C[C@@H]2CC[C@H]21. The van der Waals surface area contributed by atoms with Gasteiger partial charge < -0.3 is 19.8 Å². The third-order valence-electron chi connectivity index (χ3n) is 12.2. The normalized spacial score (nSPS) is 30.4. The number of carbonyl (C=O) groups is 1. The van der Waals surface area contributed by atoms with Crippen molar-refractivity contribution in [3.63, 3.8) is 0 Å². The van der Waals surface area contributed by atoms with Crippen molar-refractivity contribution in [1.82, 2.24) is 25.6 Å². The van der Waals surface area contributed by atoms with Gasteiger partial charge in [-0.1, -0.05) is 36.7 Å². The van der Waals surface area contributed by atoms with Gasteiger partial charge in [-0.25, -0.2) is 13.1 Å². The number of rotatable bonds is 3. The molecule has 0 saturated heterocycles. The average molecular weight is 753 g/mol. The maximum atomic E-state index is 13.6. The fourth-order valence-corrected chi connectivity index (χ4v) is 10.1. The number of hydrogen-bond acceptors (Lipinski definition) is 10. The lowest BCUT2D eigenvalue weighted by atomic mass is 9.63. The summed E-state index contributed by atoms with van der Waals surface area (Å²) in [5.41, 5.74) is 11.8. The van der Waals surface area contributed by atoms with Gasteiger partial charge in [-0.2, -0.15) is 0 Å². The van der Waals surface area contributed by atoms with Crippen LogP contribution >= 0.6 is 11.6 Å². The number of methoxy groups -OCH3 is 1. The fraction of sp³-hybridized carbons (Fsp3) is 0.564. The zero-order valence-corrected chi connectivity index (χ0v) is 32.4. The average Bonchev–Trinajstić information content (AvgIpc) is 3.47. The lowest BCUT2D eigenvalue weighted by molar-refractivity contribution is -0.0913. The van der Waals surface area contributed by atoms with Gasteiger partial charge in [0.15, 0.2) is 0 Å². The van der Waals surface area contributed by atoms with Crippen molar-refractivity contribution in [2.75, 3.05) is 51.8 Å². The maximum Gasteiger partial charge on any atom is 0.264 e. The number of nitrogens with zero attached hydrogens (tertiary/aromatic N) is 3. The Hall–Kier alpha value is -3.29. The molecule has 3 N–H and O–H groups in total. The number of carbonyl (C=O) groups excluding carboxylic acids is 1. The summed E-state index contributed by atoms with van der Waals surface area (Å²) in [6, 6.07) is 11.3. The lowest BCUT2D eigenvalue weighted by Gasteiger charge is -2.51. The van der Waals surface area contributed by atoms with Crippen LogP contribution in [0.3, 0.4) is 0 Å². The van der Waals surface area contributed by atoms with E-state index in [-0.39, 0.29) is 11.8 Å². The minimum absolute atomic E-state index is 0.234. The molecule has 13 heteroatoms. The molecule has 4 aliphatic heterocycles. The molecule has 52 heavy (non-hydrogen) atoms. The van der Waals surface area contributed by atoms with E-state index in [1.165, 1.54) is 17.0 Å². The third-order valence-corrected chi connectivity index (χ3v) is 14.3. The lowest BCUT2D eigenvalue weighted by Crippen LogP contribution is -2.57. The first-order valence-corrected chi connectivity index (χ1v) is 20.7. The van der Waals surface area contributed by atoms with Crippen molar-refractivity contribution in [3.8, 4) is 5.75 Å². The van der Waals surface area contributed by atoms with Crippen LogP contribution in [0, 0.1) is 17.8 Å². The largest absolute Gasteiger partial charge is 0.487 e. The molecule has 1 saturated carbocycles. The highest BCUT2D eigenvalue weighted by atomic mass is 35.5. The number of hydrazine groups is 2. The number of benzene rings is 2. The standard InChI is InChI=1S/C39H53ClN6O5S/c1-26-8-7-17-39(50-4,25-45-19-16-34-36(23-45)44(3)43-41-34)33-14-11-30(33)22-46-18-6-5-9-28-20-32(40)13-10-31(28)24-51-37-15-12-29(21-35(37)46)38(47)42-52(48,49)27(26)2/h7,10,12-13,15,17,20-21,26-27,30,33,41,43H,5-6,8-9,11,14,16,18-19,22-25H2,1-4H3,(H,42,47)/b17-7+/t26-,27+,30-,33+,39+/m0/s1. The van der Waals surface area contributed by atoms with Gasteiger partial charge in [0.05, 0.1) is 22.3 Å². The highest BCUT2D eigenvalue weighted by Gasteiger charge is 2.48. The number of amides is 1. The smallest absolute Gasteiger partial charge is 0.264 e. The van der Waals surface area contributed by atoms with Crippen LogP contribution < -0.4 is 25.3 Å². The molecule has 282 valence electrons. The molecule has 4 heterocycles. The Labute approximate surface area is 313 Å². The quantitative estimate of drug-likeness (QED) is 0.353. The number of hydrogen-bond donors (Lipinski definition) is 3. The summed E-state index contributed by atoms with van der Waals surface area (Å²) in [5.74, 6) is 0.377. The van der Waals surface area contributed by atoms with Crippen LogP contribution in [0.4, 0.5) is 5.69 Å². The molecule has 7 rings (SSSR count). The van der Waals surface area contributed by atoms with Gasteiger partial charge in [0.25, 0.3) is 5.91 Å². The van der Waals surface area contributed by atoms with Crippen LogP contribution in [0.5, 0.6) is 5.75 Å². The summed E-state index contributed by atoms with van der Waals surface area (Å²) in [6.45, 7) is 7.95. The number of nitrogens with one attached hydrogen (secondary N) is 3. The van der Waals surface area contributed by atoms with E-state index in [9.17, 15) is 13.2 Å². The fourth-order valence-electron chi connectivity index (χ4n) is 8.58. The molecule has 5 atom stereocenters. The van der Waals surface area contributed by atoms with Crippen LogP contribution in [0.1, 0.15) is 73.9 Å². The maximum absolute atomic E-state index is 13.6. The summed E-state index contributed by atoms with van der Waals surface area (Å²) in [5, 5.41) is 1.98. The molecule has 1 aliphatic carbocycles. The van der Waals surface area contributed by atoms with Gasteiger partial charge in [0, 0.05) is 63.9 Å². The monoisotopic (exact) mass is 752 g/mol. The molecule has 1 fully saturated rings. The number of aryl methyl sites for hydroxylation is 1. The topological polar surface area (TPSA) is 115 Å². The van der Waals surface area contributed by atoms with Gasteiger partial charge in [0.2, 0.25) is 10.0 Å². The first-order valence-electron chi connectivity index (χ1n) is 18.7. The van der Waals surface area contributed by atoms with Crippen LogP contribution in [0.2, 0.25) is 5.02 Å². The molecule has 1 amide bonds. The van der Waals surface area contributed by atoms with E-state index in [1.54, 1.807) is 13.0 Å². The van der Waals surface area contributed by atoms with Crippen LogP contribution in [-0.2, 0) is 27.8 Å². The second-order valence-electron chi connectivity index (χ2n) is 15.4. The van der Waals surface area contributed by atoms with Gasteiger partial charge in [-0.05, 0) is 105 Å². The van der Waals surface area contributed by atoms with E-state index in [0.29, 0.717) is 35.3 Å². The second kappa shape index (κ2) is 15.2. The van der Waals surface area contributed by atoms with Crippen molar-refractivity contribution in [2.45, 2.75) is 76.3 Å². The Morgan fingerprint density at radius 3 is 2.69 bits per heavy atom. The van der Waals surface area contributed by atoms with Crippen molar-refractivity contribution >= 4 is 33.2 Å². The highest BCUT2D eigenvalue weighted by molar-refractivity contribution is 7.90. The van der Waals surface area contributed by atoms with E-state index >= 15 is 0 Å². The molecule has 0 spiro atoms. The molecule has 5 aliphatic rings. The van der Waals surface area contributed by atoms with Crippen molar-refractivity contribution in [1.29, 1.82) is 0 Å². The highest BCUT2D eigenvalue weighted by Crippen LogP contribution is 2.47. The number of sulfonamides is 1. The molecular weight excluding hydrogens is 700 g/mol. The number of halogens is 1. The van der Waals surface area contributed by atoms with Gasteiger partial charge in [0.1, 0.15) is 18.0 Å². The van der Waals surface area contributed by atoms with E-state index in [0.717, 1.165) is 82.5 Å². The zero-order chi connectivity index (χ0) is 36.6. The number of likely N-dealkylation sites (N-methyl/N-ethyl adjacent to an activating group) is 1. The number of allylic oxidation sites excluding steroid dienone is 1. The van der Waals surface area contributed by atoms with E-state index in [4.69, 9.17) is 21.1 Å². The number of fused-ring (bicyclic) bond motifs is 3. The summed E-state index contributed by atoms with van der Waals surface area (Å²) >= 11 is 6.40. The molecular formula is C39H53ClN6O5S. The van der Waals surface area contributed by atoms with Crippen LogP contribution in [0.15, 0.2) is 59.9 Å². The van der Waals surface area contributed by atoms with Gasteiger partial charge >= 0.3 is 0 Å². The van der Waals surface area contributed by atoms with Crippen molar-refractivity contribution in [2.24, 2.45) is 17.8 Å². The number of ether oxygens (including phenoxy) is 2. The molecule has 0 unspecified atom stereocenters. The van der Waals surface area contributed by atoms with Crippen LogP contribution in [0.25, 0.3) is 0 Å². The van der Waals surface area contributed by atoms with E-state index < -0.39 is 26.8 Å². The minimum atomic E-state index is -3.97.